The second-order valence-corrected chi connectivity index (χ2v) is 7.44. The summed E-state index contributed by atoms with van der Waals surface area (Å²) in [5, 5.41) is 21.3. The highest BCUT2D eigenvalue weighted by atomic mass is 16.4. The maximum absolute atomic E-state index is 9.10. The lowest BCUT2D eigenvalue weighted by Gasteiger charge is -2.22. The predicted octanol–water partition coefficient (Wildman–Crippen LogP) is 4.39. The van der Waals surface area contributed by atoms with E-state index in [1.165, 1.54) is 59.5 Å². The van der Waals surface area contributed by atoms with E-state index in [-0.39, 0.29) is 0 Å². The fourth-order valence-electron chi connectivity index (χ4n) is 4.12. The number of aromatic nitrogens is 1. The highest BCUT2D eigenvalue weighted by Crippen LogP contribution is 2.29. The fourth-order valence-corrected chi connectivity index (χ4v) is 4.12. The Labute approximate surface area is 170 Å². The molecule has 154 valence electrons. The molecule has 0 spiro atoms. The molecule has 2 aromatic carbocycles. The van der Waals surface area contributed by atoms with Gasteiger partial charge in [-0.2, -0.15) is 0 Å². The van der Waals surface area contributed by atoms with E-state index in [4.69, 9.17) is 19.8 Å². The summed E-state index contributed by atoms with van der Waals surface area (Å²) < 4.78 is 2.42. The largest absolute Gasteiger partial charge is 0.473 e. The molecule has 0 saturated heterocycles. The number of fused-ring (bicyclic) bond motifs is 3. The first-order valence-corrected chi connectivity index (χ1v) is 10.2. The van der Waals surface area contributed by atoms with Gasteiger partial charge < -0.3 is 20.1 Å². The van der Waals surface area contributed by atoms with Gasteiger partial charge in [-0.25, -0.2) is 9.59 Å². The first-order valence-electron chi connectivity index (χ1n) is 10.2. The molecular weight excluding hydrogens is 368 g/mol. The lowest BCUT2D eigenvalue weighted by molar-refractivity contribution is -0.159. The number of nitrogens with zero attached hydrogens (tertiary/aromatic N) is 1. The molecule has 0 unspecified atom stereocenters. The smallest absolute Gasteiger partial charge is 0.414 e. The molecule has 3 N–H and O–H groups in total. The van der Waals surface area contributed by atoms with Gasteiger partial charge in [-0.3, -0.25) is 0 Å². The van der Waals surface area contributed by atoms with E-state index in [2.05, 4.69) is 59.3 Å². The Morgan fingerprint density at radius 2 is 1.62 bits per heavy atom. The van der Waals surface area contributed by atoms with Gasteiger partial charge >= 0.3 is 11.9 Å². The monoisotopic (exact) mass is 396 g/mol. The van der Waals surface area contributed by atoms with Crippen LogP contribution in [-0.4, -0.2) is 32.8 Å². The summed E-state index contributed by atoms with van der Waals surface area (Å²) in [4.78, 5) is 18.2. The van der Waals surface area contributed by atoms with Crippen LogP contribution in [0, 0.1) is 0 Å². The second-order valence-electron chi connectivity index (χ2n) is 7.44. The van der Waals surface area contributed by atoms with Crippen LogP contribution < -0.4 is 5.32 Å². The zero-order valence-corrected chi connectivity index (χ0v) is 16.7. The van der Waals surface area contributed by atoms with E-state index in [1.807, 2.05) is 0 Å². The summed E-state index contributed by atoms with van der Waals surface area (Å²) in [5.74, 6) is -3.65. The van der Waals surface area contributed by atoms with Crippen molar-refractivity contribution < 1.29 is 19.8 Å². The molecule has 29 heavy (non-hydrogen) atoms. The first kappa shape index (κ1) is 20.9. The van der Waals surface area contributed by atoms with E-state index in [1.54, 1.807) is 0 Å². The first-order chi connectivity index (χ1) is 14.0. The highest BCUT2D eigenvalue weighted by Gasteiger charge is 2.13. The molecular formula is C23H28N2O4. The number of carbonyl (C=O) groups is 2. The molecule has 3 aromatic rings. The third-order valence-corrected chi connectivity index (χ3v) is 5.54. The van der Waals surface area contributed by atoms with Crippen LogP contribution in [0.5, 0.6) is 0 Å². The average molecular weight is 396 g/mol. The maximum atomic E-state index is 9.10. The van der Waals surface area contributed by atoms with Crippen LogP contribution in [0.2, 0.25) is 0 Å². The molecule has 1 saturated carbocycles. The normalized spacial score (nSPS) is 14.5. The molecule has 1 aliphatic carbocycles. The van der Waals surface area contributed by atoms with Gasteiger partial charge in [0.2, 0.25) is 0 Å². The van der Waals surface area contributed by atoms with Gasteiger partial charge in [-0.15, -0.1) is 0 Å². The van der Waals surface area contributed by atoms with Gasteiger partial charge in [0.1, 0.15) is 0 Å². The third kappa shape index (κ3) is 4.95. The molecule has 0 amide bonds. The highest BCUT2D eigenvalue weighted by molar-refractivity contribution is 6.27. The van der Waals surface area contributed by atoms with Crippen LogP contribution in [0.15, 0.2) is 42.5 Å². The molecule has 6 heteroatoms. The Hall–Kier alpha value is -2.86. The summed E-state index contributed by atoms with van der Waals surface area (Å²) >= 11 is 0. The Balaban J connectivity index is 0.000000353. The van der Waals surface area contributed by atoms with Gasteiger partial charge in [0.25, 0.3) is 0 Å². The van der Waals surface area contributed by atoms with Crippen molar-refractivity contribution in [3.05, 3.63) is 48.0 Å². The number of para-hydroxylation sites is 1. The van der Waals surface area contributed by atoms with E-state index < -0.39 is 11.9 Å². The van der Waals surface area contributed by atoms with Gasteiger partial charge in [0, 0.05) is 40.9 Å². The molecule has 6 nitrogen and oxygen atoms in total. The van der Waals surface area contributed by atoms with Crippen molar-refractivity contribution in [1.82, 2.24) is 9.88 Å². The van der Waals surface area contributed by atoms with Gasteiger partial charge in [0.15, 0.2) is 0 Å². The molecule has 4 rings (SSSR count). The zero-order chi connectivity index (χ0) is 20.8. The fraction of sp³-hybridized carbons (Fsp3) is 0.391. The van der Waals surface area contributed by atoms with E-state index in [0.29, 0.717) is 0 Å². The topological polar surface area (TPSA) is 91.6 Å². The summed E-state index contributed by atoms with van der Waals surface area (Å²) in [7, 11) is 0. The summed E-state index contributed by atoms with van der Waals surface area (Å²) in [6.07, 6.45) is 6.89. The van der Waals surface area contributed by atoms with Crippen LogP contribution >= 0.6 is 0 Å². The number of nitrogens with one attached hydrogen (secondary N) is 1. The molecule has 1 heterocycles. The second kappa shape index (κ2) is 9.56. The zero-order valence-electron chi connectivity index (χ0n) is 16.7. The standard InChI is InChI=1S/C21H26N2.C2H2O4/c1-2-23-20-11-7-6-10-18(20)19-14-16(12-13-21(19)23)15-22-17-8-4-3-5-9-17;3-1(4)2(5)6/h6-7,10-14,17,22H,2-5,8-9,15H2,1H3;(H,3,4)(H,5,6). The number of rotatable bonds is 4. The van der Waals surface area contributed by atoms with Crippen molar-refractivity contribution in [2.24, 2.45) is 0 Å². The number of carboxylic acids is 2. The molecule has 0 atom stereocenters. The summed E-state index contributed by atoms with van der Waals surface area (Å²) in [6, 6.07) is 16.5. The lowest BCUT2D eigenvalue weighted by Crippen LogP contribution is -2.30. The summed E-state index contributed by atoms with van der Waals surface area (Å²) in [5.41, 5.74) is 4.11. The molecule has 0 bridgehead atoms. The molecule has 0 radical (unpaired) electrons. The lowest BCUT2D eigenvalue weighted by atomic mass is 9.95. The number of aryl methyl sites for hydroxylation is 1. The quantitative estimate of drug-likeness (QED) is 0.569. The Morgan fingerprint density at radius 1 is 0.966 bits per heavy atom. The van der Waals surface area contributed by atoms with Gasteiger partial charge in [0.05, 0.1) is 0 Å². The predicted molar refractivity (Wildman–Crippen MR) is 114 cm³/mol. The Morgan fingerprint density at radius 3 is 2.28 bits per heavy atom. The minimum atomic E-state index is -1.82. The minimum absolute atomic E-state index is 0.719. The molecule has 1 aromatic heterocycles. The van der Waals surface area contributed by atoms with Crippen molar-refractivity contribution in [1.29, 1.82) is 0 Å². The van der Waals surface area contributed by atoms with Crippen molar-refractivity contribution in [3.8, 4) is 0 Å². The van der Waals surface area contributed by atoms with E-state index >= 15 is 0 Å². The van der Waals surface area contributed by atoms with Crippen molar-refractivity contribution >= 4 is 33.7 Å². The van der Waals surface area contributed by atoms with Gasteiger partial charge in [-0.05, 0) is 43.5 Å². The van der Waals surface area contributed by atoms with Gasteiger partial charge in [-0.1, -0.05) is 43.5 Å². The number of hydrogen-bond acceptors (Lipinski definition) is 3. The maximum Gasteiger partial charge on any atom is 0.414 e. The molecule has 0 aliphatic heterocycles. The van der Waals surface area contributed by atoms with Crippen LogP contribution in [0.25, 0.3) is 21.8 Å². The van der Waals surface area contributed by atoms with E-state index in [0.717, 1.165) is 19.1 Å². The van der Waals surface area contributed by atoms with E-state index in [9.17, 15) is 0 Å². The number of carboxylic acid groups (broad SMARTS) is 2. The number of benzene rings is 2. The SMILES string of the molecule is CCn1c2ccccc2c2cc(CNC3CCCCC3)ccc21.O=C(O)C(=O)O. The summed E-state index contributed by atoms with van der Waals surface area (Å²) in [6.45, 7) is 4.24. The Bertz CT molecular complexity index is 991. The molecule has 1 fully saturated rings. The van der Waals surface area contributed by atoms with Crippen molar-refractivity contribution in [2.45, 2.75) is 58.2 Å². The van der Waals surface area contributed by atoms with Crippen LogP contribution in [0.3, 0.4) is 0 Å². The van der Waals surface area contributed by atoms with Crippen LogP contribution in [-0.2, 0) is 22.7 Å². The minimum Gasteiger partial charge on any atom is -0.473 e. The van der Waals surface area contributed by atoms with Crippen molar-refractivity contribution in [2.75, 3.05) is 0 Å². The van der Waals surface area contributed by atoms with Crippen LogP contribution in [0.4, 0.5) is 0 Å². The Kier molecular flexibility index (Phi) is 6.88. The third-order valence-electron chi connectivity index (χ3n) is 5.54. The average Bonchev–Trinajstić information content (AvgIpc) is 3.06. The number of hydrogen-bond donors (Lipinski definition) is 3. The number of aliphatic carboxylic acids is 2. The molecule has 1 aliphatic rings. The van der Waals surface area contributed by atoms with Crippen molar-refractivity contribution in [3.63, 3.8) is 0 Å². The van der Waals surface area contributed by atoms with Crippen LogP contribution in [0.1, 0.15) is 44.6 Å².